The van der Waals surface area contributed by atoms with E-state index < -0.39 is 0 Å². The molecule has 1 aromatic heterocycles. The van der Waals surface area contributed by atoms with E-state index in [2.05, 4.69) is 54.8 Å². The molecule has 0 amide bonds. The van der Waals surface area contributed by atoms with E-state index in [4.69, 9.17) is 23.2 Å². The standard InChI is InChI=1S/C20H18Cl2N/c1-3-23-18(9-6-15-5-8-17(21)13-19(15)22)10-7-16-12-14(2)4-11-20(16)23/h4-13H,3H2,1-2H3/q+1. The van der Waals surface area contributed by atoms with Gasteiger partial charge in [-0.1, -0.05) is 40.9 Å². The Morgan fingerprint density at radius 2 is 1.78 bits per heavy atom. The molecule has 3 heteroatoms. The van der Waals surface area contributed by atoms with Gasteiger partial charge in [-0.2, -0.15) is 4.57 Å². The Morgan fingerprint density at radius 1 is 0.957 bits per heavy atom. The van der Waals surface area contributed by atoms with Crippen LogP contribution in [0.2, 0.25) is 10.0 Å². The number of benzene rings is 2. The lowest BCUT2D eigenvalue weighted by Crippen LogP contribution is -2.36. The molecule has 3 rings (SSSR count). The lowest BCUT2D eigenvalue weighted by molar-refractivity contribution is -0.669. The quantitative estimate of drug-likeness (QED) is 0.519. The minimum atomic E-state index is 0.650. The second kappa shape index (κ2) is 6.74. The van der Waals surface area contributed by atoms with Crippen molar-refractivity contribution in [2.24, 2.45) is 0 Å². The van der Waals surface area contributed by atoms with Crippen LogP contribution in [0.25, 0.3) is 23.1 Å². The van der Waals surface area contributed by atoms with Gasteiger partial charge in [0.25, 0.3) is 0 Å². The highest BCUT2D eigenvalue weighted by atomic mass is 35.5. The molecule has 0 saturated heterocycles. The Hall–Kier alpha value is -1.83. The topological polar surface area (TPSA) is 3.88 Å². The fourth-order valence-corrected chi connectivity index (χ4v) is 3.24. The summed E-state index contributed by atoms with van der Waals surface area (Å²) in [4.78, 5) is 0. The number of aromatic nitrogens is 1. The minimum absolute atomic E-state index is 0.650. The number of pyridine rings is 1. The van der Waals surface area contributed by atoms with Crippen LogP contribution in [0, 0.1) is 6.92 Å². The first-order chi connectivity index (χ1) is 11.1. The van der Waals surface area contributed by atoms with Gasteiger partial charge in [-0.25, -0.2) is 0 Å². The van der Waals surface area contributed by atoms with E-state index in [1.807, 2.05) is 18.2 Å². The number of aryl methyl sites for hydroxylation is 2. The second-order valence-corrected chi connectivity index (χ2v) is 6.41. The van der Waals surface area contributed by atoms with Gasteiger partial charge in [0.15, 0.2) is 0 Å². The molecule has 3 aromatic rings. The monoisotopic (exact) mass is 342 g/mol. The van der Waals surface area contributed by atoms with Gasteiger partial charge in [0, 0.05) is 33.6 Å². The average Bonchev–Trinajstić information content (AvgIpc) is 2.53. The maximum Gasteiger partial charge on any atom is 0.212 e. The molecule has 0 unspecified atom stereocenters. The SMILES string of the molecule is CC[n+]1c(C=Cc2ccc(Cl)cc2Cl)ccc2cc(C)ccc21. The molecular weight excluding hydrogens is 325 g/mol. The smallest absolute Gasteiger partial charge is 0.192 e. The predicted molar refractivity (Wildman–Crippen MR) is 99.9 cm³/mol. The molecule has 23 heavy (non-hydrogen) atoms. The average molecular weight is 343 g/mol. The summed E-state index contributed by atoms with van der Waals surface area (Å²) < 4.78 is 2.30. The Balaban J connectivity index is 2.05. The number of hydrogen-bond donors (Lipinski definition) is 0. The van der Waals surface area contributed by atoms with Gasteiger partial charge in [-0.05, 0) is 49.8 Å². The van der Waals surface area contributed by atoms with Gasteiger partial charge in [-0.3, -0.25) is 0 Å². The van der Waals surface area contributed by atoms with Crippen molar-refractivity contribution >= 4 is 46.3 Å². The summed E-state index contributed by atoms with van der Waals surface area (Å²) >= 11 is 12.2. The molecule has 1 heterocycles. The molecule has 0 aliphatic carbocycles. The predicted octanol–water partition coefficient (Wildman–Crippen LogP) is 5.93. The second-order valence-electron chi connectivity index (χ2n) is 5.56. The zero-order chi connectivity index (χ0) is 16.4. The van der Waals surface area contributed by atoms with Crippen LogP contribution >= 0.6 is 23.2 Å². The molecule has 0 fully saturated rings. The van der Waals surface area contributed by atoms with Crippen molar-refractivity contribution in [1.82, 2.24) is 0 Å². The van der Waals surface area contributed by atoms with Gasteiger partial charge in [0.1, 0.15) is 6.54 Å². The number of fused-ring (bicyclic) bond motifs is 1. The molecular formula is C20H18Cl2N+. The van der Waals surface area contributed by atoms with Gasteiger partial charge < -0.3 is 0 Å². The summed E-state index contributed by atoms with van der Waals surface area (Å²) in [6.07, 6.45) is 4.12. The number of halogens is 2. The van der Waals surface area contributed by atoms with Crippen LogP contribution in [0.5, 0.6) is 0 Å². The van der Waals surface area contributed by atoms with E-state index in [0.29, 0.717) is 10.0 Å². The molecule has 0 bridgehead atoms. The number of rotatable bonds is 3. The van der Waals surface area contributed by atoms with E-state index in [0.717, 1.165) is 17.8 Å². The van der Waals surface area contributed by atoms with Gasteiger partial charge in [-0.15, -0.1) is 0 Å². The Labute approximate surface area is 146 Å². The summed E-state index contributed by atoms with van der Waals surface area (Å²) in [5, 5.41) is 2.57. The van der Waals surface area contributed by atoms with Crippen LogP contribution in [-0.4, -0.2) is 0 Å². The summed E-state index contributed by atoms with van der Waals surface area (Å²) in [6, 6.07) is 16.4. The molecule has 1 nitrogen and oxygen atoms in total. The third-order valence-electron chi connectivity index (χ3n) is 3.93. The maximum absolute atomic E-state index is 6.24. The van der Waals surface area contributed by atoms with E-state index in [9.17, 15) is 0 Å². The van der Waals surface area contributed by atoms with Crippen molar-refractivity contribution in [2.45, 2.75) is 20.4 Å². The first-order valence-corrected chi connectivity index (χ1v) is 8.40. The van der Waals surface area contributed by atoms with Crippen LogP contribution < -0.4 is 4.57 Å². The fourth-order valence-electron chi connectivity index (χ4n) is 2.77. The van der Waals surface area contributed by atoms with E-state index in [1.165, 1.54) is 16.5 Å². The Morgan fingerprint density at radius 3 is 2.52 bits per heavy atom. The molecule has 0 atom stereocenters. The summed E-state index contributed by atoms with van der Waals surface area (Å²) in [5.74, 6) is 0. The first kappa shape index (κ1) is 16.0. The fraction of sp³-hybridized carbons (Fsp3) is 0.150. The van der Waals surface area contributed by atoms with Crippen molar-refractivity contribution in [3.05, 3.63) is 75.4 Å². The maximum atomic E-state index is 6.24. The number of hydrogen-bond acceptors (Lipinski definition) is 0. The van der Waals surface area contributed by atoms with Crippen LogP contribution in [0.1, 0.15) is 23.7 Å². The molecule has 116 valence electrons. The van der Waals surface area contributed by atoms with Crippen LogP contribution in [0.15, 0.2) is 48.5 Å². The van der Waals surface area contributed by atoms with Crippen LogP contribution in [0.4, 0.5) is 0 Å². The van der Waals surface area contributed by atoms with Crippen molar-refractivity contribution in [1.29, 1.82) is 0 Å². The highest BCUT2D eigenvalue weighted by molar-refractivity contribution is 6.35. The molecule has 2 aromatic carbocycles. The normalized spacial score (nSPS) is 11.5. The van der Waals surface area contributed by atoms with Crippen molar-refractivity contribution < 1.29 is 4.57 Å². The Kier molecular flexibility index (Phi) is 4.70. The van der Waals surface area contributed by atoms with Crippen LogP contribution in [0.3, 0.4) is 0 Å². The molecule has 0 saturated carbocycles. The molecule has 0 radical (unpaired) electrons. The summed E-state index contributed by atoms with van der Waals surface area (Å²) in [5.41, 5.74) is 4.62. The summed E-state index contributed by atoms with van der Waals surface area (Å²) in [7, 11) is 0. The van der Waals surface area contributed by atoms with E-state index in [-0.39, 0.29) is 0 Å². The van der Waals surface area contributed by atoms with Gasteiger partial charge >= 0.3 is 0 Å². The molecule has 0 spiro atoms. The molecule has 0 aliphatic rings. The zero-order valence-corrected chi connectivity index (χ0v) is 14.7. The first-order valence-electron chi connectivity index (χ1n) is 7.65. The Bertz CT molecular complexity index is 898. The van der Waals surface area contributed by atoms with Gasteiger partial charge in [0.2, 0.25) is 11.2 Å². The lowest BCUT2D eigenvalue weighted by Gasteiger charge is -2.04. The molecule has 0 aliphatic heterocycles. The van der Waals surface area contributed by atoms with Crippen LogP contribution in [-0.2, 0) is 6.54 Å². The van der Waals surface area contributed by atoms with Crippen molar-refractivity contribution in [2.75, 3.05) is 0 Å². The lowest BCUT2D eigenvalue weighted by atomic mass is 10.1. The van der Waals surface area contributed by atoms with E-state index >= 15 is 0 Å². The van der Waals surface area contributed by atoms with E-state index in [1.54, 1.807) is 6.07 Å². The largest absolute Gasteiger partial charge is 0.212 e. The number of nitrogens with zero attached hydrogens (tertiary/aromatic N) is 1. The van der Waals surface area contributed by atoms with Gasteiger partial charge in [0.05, 0.1) is 0 Å². The summed E-state index contributed by atoms with van der Waals surface area (Å²) in [6.45, 7) is 5.19. The highest BCUT2D eigenvalue weighted by Gasteiger charge is 2.12. The molecule has 0 N–H and O–H groups in total. The third-order valence-corrected chi connectivity index (χ3v) is 4.49. The highest BCUT2D eigenvalue weighted by Crippen LogP contribution is 2.23. The van der Waals surface area contributed by atoms with Crippen molar-refractivity contribution in [3.8, 4) is 0 Å². The van der Waals surface area contributed by atoms with Crippen molar-refractivity contribution in [3.63, 3.8) is 0 Å². The third kappa shape index (κ3) is 3.41. The minimum Gasteiger partial charge on any atom is -0.192 e. The zero-order valence-electron chi connectivity index (χ0n) is 13.2.